The van der Waals surface area contributed by atoms with Gasteiger partial charge in [-0.25, -0.2) is 0 Å². The van der Waals surface area contributed by atoms with Gasteiger partial charge in [-0.1, -0.05) is 25.7 Å². The van der Waals surface area contributed by atoms with Crippen LogP contribution in [0.15, 0.2) is 9.59 Å². The van der Waals surface area contributed by atoms with Gasteiger partial charge in [-0.3, -0.25) is 14.5 Å². The van der Waals surface area contributed by atoms with Crippen LogP contribution in [-0.2, 0) is 0 Å². The Hall–Kier alpha value is -1.36. The van der Waals surface area contributed by atoms with Crippen LogP contribution in [-0.4, -0.2) is 37.1 Å². The van der Waals surface area contributed by atoms with Crippen molar-refractivity contribution in [2.45, 2.75) is 44.6 Å². The highest BCUT2D eigenvalue weighted by atomic mass is 16.2. The molecule has 3 rings (SSSR count). The van der Waals surface area contributed by atoms with E-state index >= 15 is 0 Å². The van der Waals surface area contributed by atoms with Crippen LogP contribution >= 0.6 is 0 Å². The van der Waals surface area contributed by atoms with Crippen LogP contribution in [0.1, 0.15) is 38.5 Å². The third kappa shape index (κ3) is 2.35. The molecule has 5 nitrogen and oxygen atoms in total. The Morgan fingerprint density at radius 1 is 0.850 bits per heavy atom. The summed E-state index contributed by atoms with van der Waals surface area (Å²) in [4.78, 5) is 27.3. The highest BCUT2D eigenvalue weighted by molar-refractivity contribution is 5.72. The first-order valence-electron chi connectivity index (χ1n) is 7.76. The molecule has 2 fully saturated rings. The highest BCUT2D eigenvalue weighted by Gasteiger charge is 2.29. The molecule has 0 radical (unpaired) electrons. The van der Waals surface area contributed by atoms with Crippen molar-refractivity contribution >= 4 is 11.4 Å². The summed E-state index contributed by atoms with van der Waals surface area (Å²) in [5.41, 5.74) is 5.37. The molecule has 0 amide bonds. The largest absolute Gasteiger partial charge is 0.394 e. The smallest absolute Gasteiger partial charge is 0.253 e. The summed E-state index contributed by atoms with van der Waals surface area (Å²) in [6.07, 6.45) is 8.05. The van der Waals surface area contributed by atoms with Crippen LogP contribution in [0.2, 0.25) is 0 Å². The monoisotopic (exact) mass is 277 g/mol. The molecule has 0 unspecified atom stereocenters. The van der Waals surface area contributed by atoms with E-state index in [9.17, 15) is 9.59 Å². The molecule has 1 saturated heterocycles. The Bertz CT molecular complexity index is 531. The minimum absolute atomic E-state index is 0.165. The number of rotatable bonds is 2. The van der Waals surface area contributed by atoms with E-state index in [2.05, 4.69) is 4.90 Å². The van der Waals surface area contributed by atoms with Crippen molar-refractivity contribution in [1.82, 2.24) is 4.90 Å². The predicted octanol–water partition coefficient (Wildman–Crippen LogP) is 0.710. The molecule has 1 aromatic rings. The van der Waals surface area contributed by atoms with Crippen molar-refractivity contribution in [2.24, 2.45) is 0 Å². The van der Waals surface area contributed by atoms with Gasteiger partial charge >= 0.3 is 0 Å². The molecule has 0 spiro atoms. The molecular weight excluding hydrogens is 254 g/mol. The Morgan fingerprint density at radius 3 is 2.00 bits per heavy atom. The van der Waals surface area contributed by atoms with Gasteiger partial charge in [0.15, 0.2) is 0 Å². The first kappa shape index (κ1) is 13.6. The molecule has 110 valence electrons. The van der Waals surface area contributed by atoms with Gasteiger partial charge in [0.2, 0.25) is 0 Å². The lowest BCUT2D eigenvalue weighted by atomic mass is 10.1. The summed E-state index contributed by atoms with van der Waals surface area (Å²) in [7, 11) is 0. The lowest BCUT2D eigenvalue weighted by Crippen LogP contribution is -2.53. The second-order valence-corrected chi connectivity index (χ2v) is 6.09. The zero-order valence-corrected chi connectivity index (χ0v) is 11.9. The average Bonchev–Trinajstić information content (AvgIpc) is 2.77. The molecule has 1 saturated carbocycles. The van der Waals surface area contributed by atoms with Gasteiger partial charge in [0.25, 0.3) is 10.9 Å². The Labute approximate surface area is 119 Å². The van der Waals surface area contributed by atoms with Gasteiger partial charge in [-0.05, 0) is 12.8 Å². The van der Waals surface area contributed by atoms with E-state index in [4.69, 9.17) is 5.73 Å². The Kier molecular flexibility index (Phi) is 3.78. The minimum atomic E-state index is -0.508. The Morgan fingerprint density at radius 2 is 1.45 bits per heavy atom. The van der Waals surface area contributed by atoms with Crippen LogP contribution in [0.3, 0.4) is 0 Å². The van der Waals surface area contributed by atoms with Crippen LogP contribution in [0, 0.1) is 0 Å². The van der Waals surface area contributed by atoms with E-state index < -0.39 is 10.9 Å². The van der Waals surface area contributed by atoms with Crippen molar-refractivity contribution in [1.29, 1.82) is 0 Å². The minimum Gasteiger partial charge on any atom is -0.394 e. The maximum Gasteiger partial charge on any atom is 0.253 e. The zero-order valence-electron chi connectivity index (χ0n) is 11.9. The molecule has 0 bridgehead atoms. The van der Waals surface area contributed by atoms with Crippen molar-refractivity contribution < 1.29 is 0 Å². The number of nitrogens with two attached hydrogens (primary N) is 1. The van der Waals surface area contributed by atoms with Gasteiger partial charge in [0.05, 0.1) is 0 Å². The number of piperazine rings is 1. The van der Waals surface area contributed by atoms with Gasteiger partial charge < -0.3 is 10.6 Å². The molecule has 20 heavy (non-hydrogen) atoms. The number of nitrogens with zero attached hydrogens (tertiary/aromatic N) is 2. The fraction of sp³-hybridized carbons (Fsp3) is 0.733. The van der Waals surface area contributed by atoms with Gasteiger partial charge in [0, 0.05) is 32.2 Å². The summed E-state index contributed by atoms with van der Waals surface area (Å²) in [6.45, 7) is 3.57. The summed E-state index contributed by atoms with van der Waals surface area (Å²) in [5.74, 6) is 0. The molecule has 1 aromatic carbocycles. The average molecular weight is 277 g/mol. The zero-order chi connectivity index (χ0) is 14.1. The summed E-state index contributed by atoms with van der Waals surface area (Å²) in [6, 6.07) is 0.713. The van der Waals surface area contributed by atoms with Crippen LogP contribution in [0.4, 0.5) is 11.4 Å². The quantitative estimate of drug-likeness (QED) is 0.637. The van der Waals surface area contributed by atoms with E-state index in [-0.39, 0.29) is 5.69 Å². The van der Waals surface area contributed by atoms with Crippen LogP contribution in [0.5, 0.6) is 0 Å². The normalized spacial score (nSPS) is 23.1. The van der Waals surface area contributed by atoms with Gasteiger partial charge in [-0.15, -0.1) is 0 Å². The van der Waals surface area contributed by atoms with E-state index in [1.807, 2.05) is 4.90 Å². The first-order chi connectivity index (χ1) is 9.68. The van der Waals surface area contributed by atoms with E-state index in [0.717, 1.165) is 26.2 Å². The molecule has 1 aliphatic carbocycles. The van der Waals surface area contributed by atoms with Crippen molar-refractivity contribution in [3.05, 3.63) is 20.4 Å². The summed E-state index contributed by atoms with van der Waals surface area (Å²) in [5, 5.41) is 0. The second-order valence-electron chi connectivity index (χ2n) is 6.09. The van der Waals surface area contributed by atoms with E-state index in [1.165, 1.54) is 38.5 Å². The number of anilines is 2. The number of hydrogen-bond donors (Lipinski definition) is 1. The van der Waals surface area contributed by atoms with E-state index in [1.54, 1.807) is 0 Å². The molecule has 0 atom stereocenters. The molecule has 1 aliphatic heterocycles. The molecule has 2 N–H and O–H groups in total. The number of hydrogen-bond acceptors (Lipinski definition) is 5. The highest BCUT2D eigenvalue weighted by Crippen LogP contribution is 2.24. The standard InChI is InChI=1S/C15H23N3O2/c16-12-13(15(20)14(12)19)18-9-7-17(8-10-18)11-5-3-1-2-4-6-11/h11H,1-10,16H2. The van der Waals surface area contributed by atoms with Crippen molar-refractivity contribution in [3.63, 3.8) is 0 Å². The molecule has 2 aliphatic rings. The molecule has 1 heterocycles. The number of nitrogen functional groups attached to an aromatic ring is 1. The van der Waals surface area contributed by atoms with Gasteiger partial charge in [-0.2, -0.15) is 0 Å². The topological polar surface area (TPSA) is 66.6 Å². The molecular formula is C15H23N3O2. The lowest BCUT2D eigenvalue weighted by Gasteiger charge is -2.40. The maximum atomic E-state index is 11.6. The predicted molar refractivity (Wildman–Crippen MR) is 81.0 cm³/mol. The van der Waals surface area contributed by atoms with Crippen LogP contribution in [0.25, 0.3) is 0 Å². The summed E-state index contributed by atoms with van der Waals surface area (Å²) < 4.78 is 0. The SMILES string of the molecule is Nc1c(N2CCN(C3CCCCCC3)CC2)c(=O)c1=O. The maximum absolute atomic E-state index is 11.6. The summed E-state index contributed by atoms with van der Waals surface area (Å²) >= 11 is 0. The fourth-order valence-electron chi connectivity index (χ4n) is 3.64. The lowest BCUT2D eigenvalue weighted by molar-refractivity contribution is 0.169. The van der Waals surface area contributed by atoms with Crippen molar-refractivity contribution in [3.8, 4) is 0 Å². The fourth-order valence-corrected chi connectivity index (χ4v) is 3.64. The third-order valence-corrected chi connectivity index (χ3v) is 4.89. The molecule has 0 aromatic heterocycles. The third-order valence-electron chi connectivity index (χ3n) is 4.89. The first-order valence-corrected chi connectivity index (χ1v) is 7.76. The molecule has 5 heteroatoms. The Balaban J connectivity index is 1.59. The van der Waals surface area contributed by atoms with Crippen molar-refractivity contribution in [2.75, 3.05) is 36.8 Å². The van der Waals surface area contributed by atoms with Crippen LogP contribution < -0.4 is 21.5 Å². The van der Waals surface area contributed by atoms with E-state index in [0.29, 0.717) is 11.7 Å². The second kappa shape index (κ2) is 5.56. The van der Waals surface area contributed by atoms with Gasteiger partial charge in [0.1, 0.15) is 11.4 Å².